The first-order valence-corrected chi connectivity index (χ1v) is 14.2. The lowest BCUT2D eigenvalue weighted by atomic mass is 9.48. The fourth-order valence-electron chi connectivity index (χ4n) is 8.78. The molecule has 5 nitrogen and oxygen atoms in total. The van der Waals surface area contributed by atoms with Gasteiger partial charge in [0.2, 0.25) is 0 Å². The van der Waals surface area contributed by atoms with Gasteiger partial charge in [-0.15, -0.1) is 0 Å². The quantitative estimate of drug-likeness (QED) is 0.410. The third-order valence-corrected chi connectivity index (χ3v) is 10.7. The first-order chi connectivity index (χ1) is 16.8. The minimum Gasteiger partial charge on any atom is -0.460 e. The standard InChI is InChI=1S/C31H48O5/c1-19(8-13-28(29(4,5)34)36-21(3)33)25-11-12-26-24-10-9-22-18-23(35-20(2)32)14-16-30(22,6)27(24)15-17-31(25,26)7/h9-10,18-19,23-28,34H,8,11-17H2,1-7H3/t19-,23+,24+,25-,26+,27+,28-,30+,31-/m1/s1. The van der Waals surface area contributed by atoms with Crippen LogP contribution in [0.15, 0.2) is 23.8 Å². The fraction of sp³-hybridized carbons (Fsp3) is 0.806. The zero-order chi connectivity index (χ0) is 26.5. The van der Waals surface area contributed by atoms with E-state index in [9.17, 15) is 14.7 Å². The van der Waals surface area contributed by atoms with Gasteiger partial charge in [-0.25, -0.2) is 0 Å². The number of carbonyl (C=O) groups excluding carboxylic acids is 2. The molecule has 0 aromatic heterocycles. The molecule has 0 bridgehead atoms. The molecule has 36 heavy (non-hydrogen) atoms. The number of rotatable bonds is 7. The molecule has 0 aromatic rings. The van der Waals surface area contributed by atoms with E-state index in [-0.39, 0.29) is 23.5 Å². The summed E-state index contributed by atoms with van der Waals surface area (Å²) >= 11 is 0. The van der Waals surface area contributed by atoms with E-state index in [1.807, 2.05) is 0 Å². The van der Waals surface area contributed by atoms with Crippen molar-refractivity contribution in [3.63, 3.8) is 0 Å². The van der Waals surface area contributed by atoms with Crippen LogP contribution < -0.4 is 0 Å². The number of esters is 2. The SMILES string of the molecule is CC(=O)O[C@@H]1C=C2C=C[C@H]3[C@@H]4CC[C@H]([C@H](C)CC[C@@H](OC(C)=O)C(C)(C)O)[C@@]4(C)CC[C@@H]3[C@@]2(C)CC1. The van der Waals surface area contributed by atoms with Crippen LogP contribution in [0.25, 0.3) is 0 Å². The van der Waals surface area contributed by atoms with Gasteiger partial charge in [0.05, 0.1) is 5.60 Å². The van der Waals surface area contributed by atoms with Gasteiger partial charge in [0.1, 0.15) is 12.2 Å². The predicted octanol–water partition coefficient (Wildman–Crippen LogP) is 6.39. The summed E-state index contributed by atoms with van der Waals surface area (Å²) in [5.41, 5.74) is 0.831. The van der Waals surface area contributed by atoms with Crippen molar-refractivity contribution in [1.29, 1.82) is 0 Å². The van der Waals surface area contributed by atoms with Gasteiger partial charge in [-0.1, -0.05) is 32.9 Å². The largest absolute Gasteiger partial charge is 0.460 e. The minimum atomic E-state index is -1.03. The lowest BCUT2D eigenvalue weighted by molar-refractivity contribution is -0.160. The van der Waals surface area contributed by atoms with Crippen molar-refractivity contribution >= 4 is 11.9 Å². The average molecular weight is 501 g/mol. The normalized spacial score (nSPS) is 39.2. The highest BCUT2D eigenvalue weighted by molar-refractivity contribution is 5.66. The minimum absolute atomic E-state index is 0.0861. The van der Waals surface area contributed by atoms with Gasteiger partial charge in [0.25, 0.3) is 0 Å². The lowest BCUT2D eigenvalue weighted by Gasteiger charge is -2.57. The van der Waals surface area contributed by atoms with Crippen molar-refractivity contribution in [3.8, 4) is 0 Å². The number of allylic oxidation sites excluding steroid dienone is 3. The molecule has 5 heteroatoms. The molecular weight excluding hydrogens is 452 g/mol. The molecule has 4 aliphatic rings. The Balaban J connectivity index is 1.48. The molecule has 4 aliphatic carbocycles. The Morgan fingerprint density at radius 2 is 1.78 bits per heavy atom. The molecule has 202 valence electrons. The van der Waals surface area contributed by atoms with Crippen LogP contribution in [-0.4, -0.2) is 34.9 Å². The summed E-state index contributed by atoms with van der Waals surface area (Å²) in [5, 5.41) is 10.5. The van der Waals surface area contributed by atoms with E-state index in [4.69, 9.17) is 9.47 Å². The van der Waals surface area contributed by atoms with E-state index in [0.29, 0.717) is 41.4 Å². The molecule has 2 saturated carbocycles. The highest BCUT2D eigenvalue weighted by Crippen LogP contribution is 2.66. The smallest absolute Gasteiger partial charge is 0.303 e. The van der Waals surface area contributed by atoms with Gasteiger partial charge < -0.3 is 14.6 Å². The molecule has 0 aliphatic heterocycles. The van der Waals surface area contributed by atoms with Gasteiger partial charge in [0, 0.05) is 13.8 Å². The second-order valence-electron chi connectivity index (χ2n) is 13.4. The highest BCUT2D eigenvalue weighted by atomic mass is 16.6. The Morgan fingerprint density at radius 1 is 1.06 bits per heavy atom. The van der Waals surface area contributed by atoms with E-state index in [2.05, 4.69) is 39.0 Å². The first kappa shape index (κ1) is 27.4. The second-order valence-corrected chi connectivity index (χ2v) is 13.4. The zero-order valence-electron chi connectivity index (χ0n) is 23.5. The summed E-state index contributed by atoms with van der Waals surface area (Å²) < 4.78 is 11.0. The Labute approximate surface area is 218 Å². The Bertz CT molecular complexity index is 912. The van der Waals surface area contributed by atoms with Crippen molar-refractivity contribution in [2.24, 2.45) is 40.4 Å². The van der Waals surface area contributed by atoms with Crippen LogP contribution in [0.1, 0.15) is 99.8 Å². The molecule has 0 heterocycles. The first-order valence-electron chi connectivity index (χ1n) is 14.2. The summed E-state index contributed by atoms with van der Waals surface area (Å²) in [6.45, 7) is 13.8. The number of hydrogen-bond donors (Lipinski definition) is 1. The number of ether oxygens (including phenoxy) is 2. The van der Waals surface area contributed by atoms with Crippen molar-refractivity contribution in [2.75, 3.05) is 0 Å². The summed E-state index contributed by atoms with van der Waals surface area (Å²) in [4.78, 5) is 23.1. The predicted molar refractivity (Wildman–Crippen MR) is 141 cm³/mol. The molecule has 0 aromatic carbocycles. The molecular formula is C31H48O5. The van der Waals surface area contributed by atoms with Crippen molar-refractivity contribution in [2.45, 2.75) is 118 Å². The Morgan fingerprint density at radius 3 is 2.42 bits per heavy atom. The third-order valence-electron chi connectivity index (χ3n) is 10.7. The molecule has 0 radical (unpaired) electrons. The maximum atomic E-state index is 11.6. The maximum Gasteiger partial charge on any atom is 0.303 e. The highest BCUT2D eigenvalue weighted by Gasteiger charge is 2.58. The van der Waals surface area contributed by atoms with Crippen molar-refractivity contribution in [3.05, 3.63) is 23.8 Å². The van der Waals surface area contributed by atoms with Gasteiger partial charge in [-0.3, -0.25) is 9.59 Å². The van der Waals surface area contributed by atoms with E-state index in [0.717, 1.165) is 19.3 Å². The van der Waals surface area contributed by atoms with Gasteiger partial charge in [0.15, 0.2) is 0 Å². The monoisotopic (exact) mass is 500 g/mol. The summed E-state index contributed by atoms with van der Waals surface area (Å²) in [5.74, 6) is 2.62. The molecule has 1 N–H and O–H groups in total. The van der Waals surface area contributed by atoms with E-state index in [1.165, 1.54) is 45.1 Å². The van der Waals surface area contributed by atoms with Crippen LogP contribution in [0.5, 0.6) is 0 Å². The molecule has 0 amide bonds. The maximum absolute atomic E-state index is 11.6. The number of fused-ring (bicyclic) bond motifs is 5. The van der Waals surface area contributed by atoms with Gasteiger partial charge in [-0.05, 0) is 117 Å². The molecule has 4 rings (SSSR count). The third kappa shape index (κ3) is 5.06. The van der Waals surface area contributed by atoms with Crippen LogP contribution in [-0.2, 0) is 19.1 Å². The molecule has 0 spiro atoms. The van der Waals surface area contributed by atoms with Crippen LogP contribution in [0.2, 0.25) is 0 Å². The Hall–Kier alpha value is -1.62. The van der Waals surface area contributed by atoms with Gasteiger partial charge in [-0.2, -0.15) is 0 Å². The average Bonchev–Trinajstić information content (AvgIpc) is 3.12. The van der Waals surface area contributed by atoms with E-state index in [1.54, 1.807) is 13.8 Å². The van der Waals surface area contributed by atoms with Crippen LogP contribution >= 0.6 is 0 Å². The van der Waals surface area contributed by atoms with Crippen LogP contribution in [0.3, 0.4) is 0 Å². The summed E-state index contributed by atoms with van der Waals surface area (Å²) in [7, 11) is 0. The molecule has 9 atom stereocenters. The van der Waals surface area contributed by atoms with E-state index < -0.39 is 11.7 Å². The van der Waals surface area contributed by atoms with E-state index >= 15 is 0 Å². The molecule has 0 saturated heterocycles. The second kappa shape index (κ2) is 9.93. The fourth-order valence-corrected chi connectivity index (χ4v) is 8.78. The topological polar surface area (TPSA) is 72.8 Å². The van der Waals surface area contributed by atoms with Crippen LogP contribution in [0.4, 0.5) is 0 Å². The van der Waals surface area contributed by atoms with Crippen molar-refractivity contribution in [1.82, 2.24) is 0 Å². The number of aliphatic hydroxyl groups is 1. The summed E-state index contributed by atoms with van der Waals surface area (Å²) in [6.07, 6.45) is 15.2. The zero-order valence-corrected chi connectivity index (χ0v) is 23.5. The van der Waals surface area contributed by atoms with Gasteiger partial charge >= 0.3 is 11.9 Å². The lowest BCUT2D eigenvalue weighted by Crippen LogP contribution is -2.49. The Kier molecular flexibility index (Phi) is 7.56. The molecule has 2 fully saturated rings. The molecule has 0 unspecified atom stereocenters. The number of hydrogen-bond acceptors (Lipinski definition) is 5. The van der Waals surface area contributed by atoms with Crippen molar-refractivity contribution < 1.29 is 24.2 Å². The summed E-state index contributed by atoms with van der Waals surface area (Å²) in [6, 6.07) is 0. The van der Waals surface area contributed by atoms with Crippen LogP contribution in [0, 0.1) is 40.4 Å². The number of carbonyl (C=O) groups is 2.